The van der Waals surface area contributed by atoms with E-state index < -0.39 is 0 Å². The van der Waals surface area contributed by atoms with Gasteiger partial charge in [0, 0.05) is 6.04 Å². The number of hydrogen-bond donors (Lipinski definition) is 2. The summed E-state index contributed by atoms with van der Waals surface area (Å²) in [6.07, 6.45) is 1.12. The van der Waals surface area contributed by atoms with E-state index in [1.54, 1.807) is 0 Å². The molecule has 1 heterocycles. The summed E-state index contributed by atoms with van der Waals surface area (Å²) in [6, 6.07) is 0.0520. The van der Waals surface area contributed by atoms with Gasteiger partial charge >= 0.3 is 5.97 Å². The second-order valence-electron chi connectivity index (χ2n) is 3.55. The number of ether oxygens (including phenoxy) is 1. The summed E-state index contributed by atoms with van der Waals surface area (Å²) in [4.78, 5) is 11.2. The van der Waals surface area contributed by atoms with Crippen molar-refractivity contribution in [2.24, 2.45) is 5.92 Å². The van der Waals surface area contributed by atoms with Gasteiger partial charge in [-0.05, 0) is 19.4 Å². The van der Waals surface area contributed by atoms with Gasteiger partial charge in [-0.15, -0.1) is 0 Å². The lowest BCUT2D eigenvalue weighted by molar-refractivity contribution is -0.146. The van der Waals surface area contributed by atoms with Crippen LogP contribution in [0.3, 0.4) is 0 Å². The third-order valence-corrected chi connectivity index (χ3v) is 2.59. The zero-order valence-electron chi connectivity index (χ0n) is 8.12. The molecule has 0 radical (unpaired) electrons. The van der Waals surface area contributed by atoms with Gasteiger partial charge in [-0.1, -0.05) is 6.92 Å². The van der Waals surface area contributed by atoms with Gasteiger partial charge in [-0.3, -0.25) is 4.79 Å². The third-order valence-electron chi connectivity index (χ3n) is 2.59. The fraction of sp³-hybridized carbons (Fsp3) is 0.889. The van der Waals surface area contributed by atoms with Crippen LogP contribution in [0.5, 0.6) is 0 Å². The topological polar surface area (TPSA) is 58.6 Å². The van der Waals surface area contributed by atoms with E-state index in [1.165, 1.54) is 7.11 Å². The zero-order valence-corrected chi connectivity index (χ0v) is 8.12. The molecule has 1 rings (SSSR count). The summed E-state index contributed by atoms with van der Waals surface area (Å²) in [7, 11) is 1.39. The smallest absolute Gasteiger partial charge is 0.309 e. The minimum atomic E-state index is -0.279. The van der Waals surface area contributed by atoms with Crippen LogP contribution in [0.15, 0.2) is 0 Å². The number of esters is 1. The van der Waals surface area contributed by atoms with Crippen LogP contribution in [-0.4, -0.2) is 36.9 Å². The first-order valence-electron chi connectivity index (χ1n) is 4.64. The molecule has 76 valence electrons. The second kappa shape index (κ2) is 4.58. The number of piperidine rings is 1. The molecule has 0 bridgehead atoms. The number of rotatable bonds is 2. The number of nitrogens with one attached hydrogen (secondary N) is 1. The second-order valence-corrected chi connectivity index (χ2v) is 3.55. The van der Waals surface area contributed by atoms with E-state index in [2.05, 4.69) is 10.1 Å². The summed E-state index contributed by atoms with van der Waals surface area (Å²) >= 11 is 0. The van der Waals surface area contributed by atoms with Crippen LogP contribution in [0, 0.1) is 5.92 Å². The molecule has 0 amide bonds. The first-order chi connectivity index (χ1) is 6.15. The summed E-state index contributed by atoms with van der Waals surface area (Å²) in [6.45, 7) is 2.59. The Kier molecular flexibility index (Phi) is 3.69. The van der Waals surface area contributed by atoms with E-state index in [1.807, 2.05) is 6.92 Å². The van der Waals surface area contributed by atoms with Crippen molar-refractivity contribution < 1.29 is 14.6 Å². The Morgan fingerprint density at radius 1 is 1.69 bits per heavy atom. The zero-order chi connectivity index (χ0) is 9.84. The number of hydrogen-bond acceptors (Lipinski definition) is 4. The molecular weight excluding hydrogens is 170 g/mol. The lowest BCUT2D eigenvalue weighted by Gasteiger charge is -2.30. The first kappa shape index (κ1) is 10.5. The molecule has 3 atom stereocenters. The molecule has 0 aromatic carbocycles. The number of carbonyl (C=O) groups excluding carboxylic acids is 1. The van der Waals surface area contributed by atoms with Gasteiger partial charge in [-0.25, -0.2) is 0 Å². The predicted molar refractivity (Wildman–Crippen MR) is 48.2 cm³/mol. The molecule has 1 aliphatic heterocycles. The van der Waals surface area contributed by atoms with E-state index in [4.69, 9.17) is 0 Å². The quantitative estimate of drug-likeness (QED) is 0.593. The number of methoxy groups -OCH3 is 1. The largest absolute Gasteiger partial charge is 0.469 e. The molecule has 4 nitrogen and oxygen atoms in total. The van der Waals surface area contributed by atoms with Crippen molar-refractivity contribution >= 4 is 5.97 Å². The molecule has 0 aliphatic carbocycles. The van der Waals surface area contributed by atoms with Crippen LogP contribution in [0.4, 0.5) is 0 Å². The molecule has 0 aromatic rings. The molecule has 2 N–H and O–H groups in total. The number of aliphatic hydroxyl groups excluding tert-OH is 1. The third kappa shape index (κ3) is 2.67. The summed E-state index contributed by atoms with van der Waals surface area (Å²) in [5.74, 6) is -0.397. The van der Waals surface area contributed by atoms with Crippen molar-refractivity contribution in [1.29, 1.82) is 0 Å². The van der Waals surface area contributed by atoms with Gasteiger partial charge in [0.25, 0.3) is 0 Å². The van der Waals surface area contributed by atoms with E-state index in [-0.39, 0.29) is 24.0 Å². The Balaban J connectivity index is 2.45. The summed E-state index contributed by atoms with van der Waals surface area (Å²) < 4.78 is 4.64. The van der Waals surface area contributed by atoms with Crippen molar-refractivity contribution in [2.75, 3.05) is 13.7 Å². The molecule has 0 spiro atoms. The SMILES string of the molecule is COC(=O)C(C)C1CC(O)CCN1. The van der Waals surface area contributed by atoms with Crippen LogP contribution < -0.4 is 5.32 Å². The molecule has 1 aliphatic rings. The fourth-order valence-electron chi connectivity index (χ4n) is 1.66. The summed E-state index contributed by atoms with van der Waals surface area (Å²) in [5.41, 5.74) is 0. The molecule has 1 saturated heterocycles. The highest BCUT2D eigenvalue weighted by Gasteiger charge is 2.29. The van der Waals surface area contributed by atoms with Gasteiger partial charge in [0.2, 0.25) is 0 Å². The maximum atomic E-state index is 11.2. The minimum Gasteiger partial charge on any atom is -0.469 e. The Hall–Kier alpha value is -0.610. The van der Waals surface area contributed by atoms with Gasteiger partial charge < -0.3 is 15.2 Å². The number of aliphatic hydroxyl groups is 1. The van der Waals surface area contributed by atoms with Crippen LogP contribution >= 0.6 is 0 Å². The predicted octanol–water partition coefficient (Wildman–Crippen LogP) is -0.0916. The van der Waals surface area contributed by atoms with E-state index in [0.717, 1.165) is 13.0 Å². The van der Waals surface area contributed by atoms with Crippen LogP contribution in [0.2, 0.25) is 0 Å². The Morgan fingerprint density at radius 3 is 2.92 bits per heavy atom. The Bertz CT molecular complexity index is 184. The minimum absolute atomic E-state index is 0.0520. The lowest BCUT2D eigenvalue weighted by atomic mass is 9.92. The fourth-order valence-corrected chi connectivity index (χ4v) is 1.66. The van der Waals surface area contributed by atoms with Gasteiger partial charge in [0.05, 0.1) is 19.1 Å². The van der Waals surface area contributed by atoms with E-state index in [9.17, 15) is 9.90 Å². The maximum Gasteiger partial charge on any atom is 0.309 e. The van der Waals surface area contributed by atoms with Gasteiger partial charge in [-0.2, -0.15) is 0 Å². The highest BCUT2D eigenvalue weighted by Crippen LogP contribution is 2.16. The molecule has 3 unspecified atom stereocenters. The molecular formula is C9H17NO3. The van der Waals surface area contributed by atoms with Crippen molar-refractivity contribution in [3.8, 4) is 0 Å². The lowest BCUT2D eigenvalue weighted by Crippen LogP contribution is -2.46. The highest BCUT2D eigenvalue weighted by atomic mass is 16.5. The average molecular weight is 187 g/mol. The van der Waals surface area contributed by atoms with Crippen LogP contribution in [0.25, 0.3) is 0 Å². The van der Waals surface area contributed by atoms with Crippen molar-refractivity contribution in [3.63, 3.8) is 0 Å². The van der Waals surface area contributed by atoms with E-state index >= 15 is 0 Å². The molecule has 13 heavy (non-hydrogen) atoms. The summed E-state index contributed by atoms with van der Waals surface area (Å²) in [5, 5.41) is 12.6. The normalized spacial score (nSPS) is 31.0. The van der Waals surface area contributed by atoms with E-state index in [0.29, 0.717) is 6.42 Å². The van der Waals surface area contributed by atoms with Crippen LogP contribution in [-0.2, 0) is 9.53 Å². The van der Waals surface area contributed by atoms with Gasteiger partial charge in [0.1, 0.15) is 0 Å². The molecule has 1 fully saturated rings. The molecule has 4 heteroatoms. The highest BCUT2D eigenvalue weighted by molar-refractivity contribution is 5.72. The Labute approximate surface area is 78.3 Å². The van der Waals surface area contributed by atoms with Crippen molar-refractivity contribution in [1.82, 2.24) is 5.32 Å². The first-order valence-corrected chi connectivity index (χ1v) is 4.64. The molecule has 0 aromatic heterocycles. The standard InChI is InChI=1S/C9H17NO3/c1-6(9(12)13-2)8-5-7(11)3-4-10-8/h6-8,10-11H,3-5H2,1-2H3. The average Bonchev–Trinajstić information content (AvgIpc) is 2.15. The van der Waals surface area contributed by atoms with Crippen molar-refractivity contribution in [2.45, 2.75) is 31.9 Å². The maximum absolute atomic E-state index is 11.2. The Morgan fingerprint density at radius 2 is 2.38 bits per heavy atom. The molecule has 0 saturated carbocycles. The van der Waals surface area contributed by atoms with Crippen LogP contribution in [0.1, 0.15) is 19.8 Å². The van der Waals surface area contributed by atoms with Gasteiger partial charge in [0.15, 0.2) is 0 Å². The van der Waals surface area contributed by atoms with Crippen molar-refractivity contribution in [3.05, 3.63) is 0 Å². The monoisotopic (exact) mass is 187 g/mol. The number of carbonyl (C=O) groups is 1.